The largest absolute Gasteiger partial charge is 0.337 e. The predicted molar refractivity (Wildman–Crippen MR) is 104 cm³/mol. The van der Waals surface area contributed by atoms with Crippen molar-refractivity contribution in [3.63, 3.8) is 0 Å². The molecule has 2 aliphatic heterocycles. The number of likely N-dealkylation sites (tertiary alicyclic amines) is 1. The molecule has 0 unspecified atom stereocenters. The van der Waals surface area contributed by atoms with Gasteiger partial charge in [0, 0.05) is 25.3 Å². The third-order valence-electron chi connectivity index (χ3n) is 5.56. The third kappa shape index (κ3) is 3.48. The number of anilines is 1. The van der Waals surface area contributed by atoms with E-state index in [0.29, 0.717) is 11.5 Å². The van der Waals surface area contributed by atoms with E-state index in [2.05, 4.69) is 10.3 Å². The minimum Gasteiger partial charge on any atom is -0.337 e. The molecule has 0 aliphatic carbocycles. The molecule has 0 spiro atoms. The van der Waals surface area contributed by atoms with Crippen LogP contribution in [0.4, 0.5) is 5.69 Å². The van der Waals surface area contributed by atoms with Gasteiger partial charge in [0.25, 0.3) is 11.8 Å². The van der Waals surface area contributed by atoms with Gasteiger partial charge in [-0.3, -0.25) is 9.59 Å². The molecule has 0 bridgehead atoms. The van der Waals surface area contributed by atoms with Crippen LogP contribution in [0.2, 0.25) is 0 Å². The first-order chi connectivity index (χ1) is 13.1. The SMILES string of the molecule is Cc1ccccc1NC(=O)c1nc(C(=O)N2CCCCC2)c2n1CCCC2. The van der Waals surface area contributed by atoms with E-state index in [1.165, 1.54) is 6.42 Å². The summed E-state index contributed by atoms with van der Waals surface area (Å²) in [6, 6.07) is 7.68. The zero-order valence-electron chi connectivity index (χ0n) is 15.8. The highest BCUT2D eigenvalue weighted by Gasteiger charge is 2.30. The lowest BCUT2D eigenvalue weighted by atomic mass is 10.1. The van der Waals surface area contributed by atoms with Crippen molar-refractivity contribution in [1.82, 2.24) is 14.5 Å². The number of amides is 2. The summed E-state index contributed by atoms with van der Waals surface area (Å²) < 4.78 is 1.95. The summed E-state index contributed by atoms with van der Waals surface area (Å²) in [6.45, 7) is 4.28. The van der Waals surface area contributed by atoms with Crippen molar-refractivity contribution in [2.24, 2.45) is 0 Å². The van der Waals surface area contributed by atoms with Gasteiger partial charge in [0.2, 0.25) is 0 Å². The normalized spacial score (nSPS) is 16.7. The molecule has 4 rings (SSSR count). The number of hydrogen-bond donors (Lipinski definition) is 1. The molecule has 0 saturated carbocycles. The predicted octanol–water partition coefficient (Wildman–Crippen LogP) is 3.41. The van der Waals surface area contributed by atoms with E-state index in [9.17, 15) is 9.59 Å². The van der Waals surface area contributed by atoms with Gasteiger partial charge in [0.1, 0.15) is 5.69 Å². The smallest absolute Gasteiger partial charge is 0.291 e. The van der Waals surface area contributed by atoms with Crippen molar-refractivity contribution in [2.75, 3.05) is 18.4 Å². The Morgan fingerprint density at radius 2 is 1.74 bits per heavy atom. The lowest BCUT2D eigenvalue weighted by Gasteiger charge is -2.26. The molecule has 27 heavy (non-hydrogen) atoms. The van der Waals surface area contributed by atoms with Crippen molar-refractivity contribution in [3.05, 3.63) is 47.0 Å². The monoisotopic (exact) mass is 366 g/mol. The number of rotatable bonds is 3. The Kier molecular flexibility index (Phi) is 4.97. The Balaban J connectivity index is 1.65. The number of benzene rings is 1. The molecular formula is C21H26N4O2. The Morgan fingerprint density at radius 3 is 2.52 bits per heavy atom. The fraction of sp³-hybridized carbons (Fsp3) is 0.476. The number of piperidine rings is 1. The minimum absolute atomic E-state index is 0.0182. The van der Waals surface area contributed by atoms with E-state index < -0.39 is 0 Å². The summed E-state index contributed by atoms with van der Waals surface area (Å²) in [5, 5.41) is 2.96. The first-order valence-electron chi connectivity index (χ1n) is 9.91. The Hall–Kier alpha value is -2.63. The van der Waals surface area contributed by atoms with Crippen LogP contribution in [-0.4, -0.2) is 39.4 Å². The summed E-state index contributed by atoms with van der Waals surface area (Å²) in [5.74, 6) is 0.0914. The topological polar surface area (TPSA) is 67.2 Å². The number of fused-ring (bicyclic) bond motifs is 1. The zero-order chi connectivity index (χ0) is 18.8. The average molecular weight is 366 g/mol. The second kappa shape index (κ2) is 7.55. The number of carbonyl (C=O) groups is 2. The number of nitrogens with zero attached hydrogens (tertiary/aromatic N) is 3. The van der Waals surface area contributed by atoms with Gasteiger partial charge >= 0.3 is 0 Å². The van der Waals surface area contributed by atoms with Gasteiger partial charge in [-0.15, -0.1) is 0 Å². The van der Waals surface area contributed by atoms with Gasteiger partial charge in [0.05, 0.1) is 5.69 Å². The Bertz CT molecular complexity index is 865. The van der Waals surface area contributed by atoms with Crippen molar-refractivity contribution >= 4 is 17.5 Å². The number of imidazole rings is 1. The van der Waals surface area contributed by atoms with E-state index in [-0.39, 0.29) is 11.8 Å². The molecule has 2 aromatic rings. The van der Waals surface area contributed by atoms with Crippen molar-refractivity contribution in [2.45, 2.75) is 52.0 Å². The van der Waals surface area contributed by atoms with Gasteiger partial charge in [-0.1, -0.05) is 18.2 Å². The van der Waals surface area contributed by atoms with Crippen LogP contribution in [0.15, 0.2) is 24.3 Å². The number of para-hydroxylation sites is 1. The molecule has 142 valence electrons. The molecular weight excluding hydrogens is 340 g/mol. The second-order valence-electron chi connectivity index (χ2n) is 7.46. The number of nitrogens with one attached hydrogen (secondary N) is 1. The molecule has 1 aromatic heterocycles. The maximum Gasteiger partial charge on any atom is 0.291 e. The van der Waals surface area contributed by atoms with Gasteiger partial charge in [-0.05, 0) is 57.1 Å². The van der Waals surface area contributed by atoms with E-state index in [1.807, 2.05) is 40.7 Å². The minimum atomic E-state index is -0.245. The van der Waals surface area contributed by atoms with Gasteiger partial charge < -0.3 is 14.8 Å². The first kappa shape index (κ1) is 17.8. The number of carbonyl (C=O) groups excluding carboxylic acids is 2. The molecule has 0 atom stereocenters. The van der Waals surface area contributed by atoms with Crippen LogP contribution in [0.3, 0.4) is 0 Å². The molecule has 6 heteroatoms. The third-order valence-corrected chi connectivity index (χ3v) is 5.56. The van der Waals surface area contributed by atoms with Gasteiger partial charge in [0.15, 0.2) is 5.82 Å². The van der Waals surface area contributed by atoms with Gasteiger partial charge in [-0.2, -0.15) is 0 Å². The van der Waals surface area contributed by atoms with Crippen LogP contribution in [0.5, 0.6) is 0 Å². The van der Waals surface area contributed by atoms with E-state index in [0.717, 1.165) is 68.7 Å². The summed E-state index contributed by atoms with van der Waals surface area (Å²) in [7, 11) is 0. The zero-order valence-corrected chi connectivity index (χ0v) is 15.8. The maximum atomic E-state index is 13.0. The fourth-order valence-electron chi connectivity index (χ4n) is 4.03. The lowest BCUT2D eigenvalue weighted by molar-refractivity contribution is 0.0717. The number of hydrogen-bond acceptors (Lipinski definition) is 3. The quantitative estimate of drug-likeness (QED) is 0.905. The highest BCUT2D eigenvalue weighted by molar-refractivity contribution is 6.04. The fourth-order valence-corrected chi connectivity index (χ4v) is 4.03. The Labute approximate surface area is 159 Å². The van der Waals surface area contributed by atoms with Crippen molar-refractivity contribution < 1.29 is 9.59 Å². The van der Waals surface area contributed by atoms with E-state index in [1.54, 1.807) is 0 Å². The van der Waals surface area contributed by atoms with Crippen molar-refractivity contribution in [3.8, 4) is 0 Å². The summed E-state index contributed by atoms with van der Waals surface area (Å²) in [4.78, 5) is 32.4. The van der Waals surface area contributed by atoms with Crippen LogP contribution < -0.4 is 5.32 Å². The Morgan fingerprint density at radius 1 is 1.00 bits per heavy atom. The summed E-state index contributed by atoms with van der Waals surface area (Å²) >= 11 is 0. The summed E-state index contributed by atoms with van der Waals surface area (Å²) in [5.41, 5.74) is 3.18. The van der Waals surface area contributed by atoms with Crippen LogP contribution in [0.25, 0.3) is 0 Å². The first-order valence-corrected chi connectivity index (χ1v) is 9.91. The standard InChI is InChI=1S/C21H26N4O2/c1-15-9-3-4-10-16(15)22-20(26)19-23-18(17-11-5-8-14-25(17)19)21(27)24-12-6-2-7-13-24/h3-4,9-10H,2,5-8,11-14H2,1H3,(H,22,26). The van der Waals surface area contributed by atoms with Crippen LogP contribution >= 0.6 is 0 Å². The molecule has 6 nitrogen and oxygen atoms in total. The molecule has 1 aromatic carbocycles. The van der Waals surface area contributed by atoms with E-state index >= 15 is 0 Å². The van der Waals surface area contributed by atoms with Crippen molar-refractivity contribution in [1.29, 1.82) is 0 Å². The molecule has 0 radical (unpaired) electrons. The van der Waals surface area contributed by atoms with Gasteiger partial charge in [-0.25, -0.2) is 4.98 Å². The number of aromatic nitrogens is 2. The molecule has 1 saturated heterocycles. The highest BCUT2D eigenvalue weighted by atomic mass is 16.2. The molecule has 1 N–H and O–H groups in total. The summed E-state index contributed by atoms with van der Waals surface area (Å²) in [6.07, 6.45) is 6.11. The van der Waals surface area contributed by atoms with Crippen LogP contribution in [0.1, 0.15) is 64.5 Å². The number of aryl methyl sites for hydroxylation is 1. The van der Waals surface area contributed by atoms with Crippen LogP contribution in [0, 0.1) is 6.92 Å². The molecule has 2 aliphatic rings. The lowest BCUT2D eigenvalue weighted by Crippen LogP contribution is -2.36. The highest BCUT2D eigenvalue weighted by Crippen LogP contribution is 2.24. The second-order valence-corrected chi connectivity index (χ2v) is 7.46. The van der Waals surface area contributed by atoms with E-state index in [4.69, 9.17) is 0 Å². The maximum absolute atomic E-state index is 13.0. The average Bonchev–Trinajstić information content (AvgIpc) is 3.10. The molecule has 2 amide bonds. The molecule has 3 heterocycles. The molecule has 1 fully saturated rings. The van der Waals surface area contributed by atoms with Crippen LogP contribution in [-0.2, 0) is 13.0 Å².